The van der Waals surface area contributed by atoms with Crippen LogP contribution in [-0.4, -0.2) is 28.6 Å². The number of allylic oxidation sites excluding steroid dienone is 1. The second kappa shape index (κ2) is 8.05. The number of ether oxygens (including phenoxy) is 2. The van der Waals surface area contributed by atoms with Gasteiger partial charge in [0.2, 0.25) is 0 Å². The molecule has 0 saturated heterocycles. The quantitative estimate of drug-likeness (QED) is 0.419. The molecular formula is C19H20O6S. The molecule has 6 nitrogen and oxygen atoms in total. The average molecular weight is 376 g/mol. The van der Waals surface area contributed by atoms with E-state index in [0.29, 0.717) is 17.7 Å². The summed E-state index contributed by atoms with van der Waals surface area (Å²) in [5.74, 6) is -0.161. The van der Waals surface area contributed by atoms with E-state index in [1.807, 2.05) is 0 Å². The van der Waals surface area contributed by atoms with Crippen molar-refractivity contribution < 1.29 is 26.9 Å². The van der Waals surface area contributed by atoms with Crippen molar-refractivity contribution in [2.24, 2.45) is 0 Å². The first-order valence-electron chi connectivity index (χ1n) is 7.73. The fourth-order valence-electron chi connectivity index (χ4n) is 2.41. The first-order valence-corrected chi connectivity index (χ1v) is 9.14. The van der Waals surface area contributed by atoms with Crippen LogP contribution < -0.4 is 8.92 Å². The minimum atomic E-state index is -4.10. The summed E-state index contributed by atoms with van der Waals surface area (Å²) in [4.78, 5) is 11.5. The van der Waals surface area contributed by atoms with Crippen LogP contribution in [0.25, 0.3) is 0 Å². The van der Waals surface area contributed by atoms with Gasteiger partial charge in [0.15, 0.2) is 11.5 Å². The topological polar surface area (TPSA) is 78.9 Å². The smallest absolute Gasteiger partial charge is 0.339 e. The molecule has 0 heterocycles. The van der Waals surface area contributed by atoms with Gasteiger partial charge in [-0.1, -0.05) is 12.1 Å². The third kappa shape index (κ3) is 4.23. The molecule has 0 atom stereocenters. The zero-order chi connectivity index (χ0) is 19.3. The first kappa shape index (κ1) is 19.5. The number of carbonyl (C=O) groups is 1. The Kier molecular flexibility index (Phi) is 6.05. The van der Waals surface area contributed by atoms with Crippen LogP contribution >= 0.6 is 0 Å². The Hall–Kier alpha value is -2.80. The predicted molar refractivity (Wildman–Crippen MR) is 97.2 cm³/mol. The summed E-state index contributed by atoms with van der Waals surface area (Å²) in [5.41, 5.74) is 1.55. The lowest BCUT2D eigenvalue weighted by Gasteiger charge is -2.13. The van der Waals surface area contributed by atoms with Gasteiger partial charge >= 0.3 is 16.1 Å². The fraction of sp³-hybridized carbons (Fsp3) is 0.211. The minimum absolute atomic E-state index is 0.0395. The van der Waals surface area contributed by atoms with Gasteiger partial charge in [-0.15, -0.1) is 6.58 Å². The molecular weight excluding hydrogens is 356 g/mol. The summed E-state index contributed by atoms with van der Waals surface area (Å²) < 4.78 is 40.4. The van der Waals surface area contributed by atoms with Crippen LogP contribution in [-0.2, 0) is 21.3 Å². The van der Waals surface area contributed by atoms with Crippen molar-refractivity contribution in [3.63, 3.8) is 0 Å². The molecule has 0 amide bonds. The average Bonchev–Trinajstić information content (AvgIpc) is 2.61. The van der Waals surface area contributed by atoms with Gasteiger partial charge in [0.25, 0.3) is 0 Å². The van der Waals surface area contributed by atoms with Gasteiger partial charge in [0.05, 0.1) is 19.8 Å². The Bertz CT molecular complexity index is 931. The van der Waals surface area contributed by atoms with E-state index in [1.54, 1.807) is 25.1 Å². The van der Waals surface area contributed by atoms with Gasteiger partial charge in [-0.2, -0.15) is 8.42 Å². The number of carbonyl (C=O) groups excluding carboxylic acids is 1. The predicted octanol–water partition coefficient (Wildman–Crippen LogP) is 3.29. The van der Waals surface area contributed by atoms with Crippen LogP contribution in [0.15, 0.2) is 53.9 Å². The monoisotopic (exact) mass is 376 g/mol. The molecule has 0 fully saturated rings. The number of aryl methyl sites for hydroxylation is 1. The summed E-state index contributed by atoms with van der Waals surface area (Å²) in [6, 6.07) is 9.09. The van der Waals surface area contributed by atoms with E-state index in [2.05, 4.69) is 11.3 Å². The van der Waals surface area contributed by atoms with Crippen LogP contribution in [0.2, 0.25) is 0 Å². The van der Waals surface area contributed by atoms with Crippen LogP contribution in [0.5, 0.6) is 11.5 Å². The van der Waals surface area contributed by atoms with Gasteiger partial charge in [-0.3, -0.25) is 0 Å². The first-order chi connectivity index (χ1) is 12.3. The van der Waals surface area contributed by atoms with Gasteiger partial charge in [-0.05, 0) is 54.8 Å². The molecule has 2 aromatic rings. The van der Waals surface area contributed by atoms with Crippen LogP contribution in [0.1, 0.15) is 21.5 Å². The van der Waals surface area contributed by atoms with Gasteiger partial charge in [0, 0.05) is 0 Å². The van der Waals surface area contributed by atoms with Crippen LogP contribution in [0.3, 0.4) is 0 Å². The van der Waals surface area contributed by atoms with E-state index in [9.17, 15) is 13.2 Å². The number of esters is 1. The molecule has 0 aliphatic heterocycles. The molecule has 0 aliphatic rings. The van der Waals surface area contributed by atoms with Crippen LogP contribution in [0, 0.1) is 6.92 Å². The molecule has 26 heavy (non-hydrogen) atoms. The molecule has 0 bridgehead atoms. The lowest BCUT2D eigenvalue weighted by atomic mass is 10.1. The van der Waals surface area contributed by atoms with E-state index < -0.39 is 16.1 Å². The molecule has 0 radical (unpaired) electrons. The van der Waals surface area contributed by atoms with Gasteiger partial charge in [-0.25, -0.2) is 4.79 Å². The molecule has 0 spiro atoms. The summed E-state index contributed by atoms with van der Waals surface area (Å²) in [7, 11) is -1.41. The van der Waals surface area contributed by atoms with Gasteiger partial charge < -0.3 is 13.7 Å². The SMILES string of the molecule is C=CCc1ccc(OS(=O)(=O)c2ccc(C(=O)OC)cc2C)c(OC)c1. The fourth-order valence-corrected chi connectivity index (χ4v) is 3.56. The normalized spacial score (nSPS) is 10.9. The largest absolute Gasteiger partial charge is 0.493 e. The zero-order valence-electron chi connectivity index (χ0n) is 14.8. The van der Waals surface area contributed by atoms with E-state index in [1.165, 1.54) is 38.5 Å². The Morgan fingerprint density at radius 3 is 2.42 bits per heavy atom. The maximum atomic E-state index is 12.6. The number of hydrogen-bond donors (Lipinski definition) is 0. The maximum Gasteiger partial charge on any atom is 0.339 e. The molecule has 2 rings (SSSR count). The molecule has 0 saturated carbocycles. The highest BCUT2D eigenvalue weighted by Gasteiger charge is 2.22. The van der Waals surface area contributed by atoms with Crippen molar-refractivity contribution in [3.05, 3.63) is 65.7 Å². The molecule has 0 N–H and O–H groups in total. The number of methoxy groups -OCH3 is 2. The van der Waals surface area contributed by atoms with Gasteiger partial charge in [0.1, 0.15) is 4.90 Å². The molecule has 7 heteroatoms. The van der Waals surface area contributed by atoms with E-state index in [4.69, 9.17) is 8.92 Å². The summed E-state index contributed by atoms with van der Waals surface area (Å²) in [5, 5.41) is 0. The molecule has 0 aliphatic carbocycles. The standard InChI is InChI=1S/C19H20O6S/c1-5-6-14-7-9-16(17(12-14)23-3)25-26(21,22)18-10-8-15(11-13(18)2)19(20)24-4/h5,7-12H,1,6H2,2-4H3. The summed E-state index contributed by atoms with van der Waals surface area (Å²) in [6.45, 7) is 5.24. The minimum Gasteiger partial charge on any atom is -0.493 e. The van der Waals surface area contributed by atoms with E-state index in [0.717, 1.165) is 5.56 Å². The summed E-state index contributed by atoms with van der Waals surface area (Å²) in [6.07, 6.45) is 2.36. The number of benzene rings is 2. The lowest BCUT2D eigenvalue weighted by Crippen LogP contribution is -2.13. The number of rotatable bonds is 7. The highest BCUT2D eigenvalue weighted by molar-refractivity contribution is 7.87. The number of hydrogen-bond acceptors (Lipinski definition) is 6. The van der Waals surface area contributed by atoms with Crippen molar-refractivity contribution in [1.29, 1.82) is 0 Å². The van der Waals surface area contributed by atoms with E-state index >= 15 is 0 Å². The molecule has 0 aromatic heterocycles. The van der Waals surface area contributed by atoms with Crippen molar-refractivity contribution in [2.45, 2.75) is 18.2 Å². The maximum absolute atomic E-state index is 12.6. The van der Waals surface area contributed by atoms with Crippen molar-refractivity contribution in [2.75, 3.05) is 14.2 Å². The third-order valence-corrected chi connectivity index (χ3v) is 5.07. The highest BCUT2D eigenvalue weighted by atomic mass is 32.2. The van der Waals surface area contributed by atoms with Crippen molar-refractivity contribution in [3.8, 4) is 11.5 Å². The van der Waals surface area contributed by atoms with Crippen LogP contribution in [0.4, 0.5) is 0 Å². The Balaban J connectivity index is 2.37. The molecule has 2 aromatic carbocycles. The second-order valence-electron chi connectivity index (χ2n) is 5.49. The second-order valence-corrected chi connectivity index (χ2v) is 7.00. The van der Waals surface area contributed by atoms with Crippen molar-refractivity contribution >= 4 is 16.1 Å². The zero-order valence-corrected chi connectivity index (χ0v) is 15.6. The molecule has 0 unspecified atom stereocenters. The third-order valence-electron chi connectivity index (χ3n) is 3.67. The Labute approximate surface area is 153 Å². The van der Waals surface area contributed by atoms with E-state index in [-0.39, 0.29) is 16.2 Å². The molecule has 138 valence electrons. The lowest BCUT2D eigenvalue weighted by molar-refractivity contribution is 0.0600. The van der Waals surface area contributed by atoms with Crippen molar-refractivity contribution in [1.82, 2.24) is 0 Å². The summed E-state index contributed by atoms with van der Waals surface area (Å²) >= 11 is 0. The Morgan fingerprint density at radius 2 is 1.85 bits per heavy atom. The Morgan fingerprint density at radius 1 is 1.12 bits per heavy atom. The highest BCUT2D eigenvalue weighted by Crippen LogP contribution is 2.31.